The van der Waals surface area contributed by atoms with Crippen molar-refractivity contribution in [3.63, 3.8) is 0 Å². The van der Waals surface area contributed by atoms with Crippen LogP contribution in [0.5, 0.6) is 11.5 Å². The lowest BCUT2D eigenvalue weighted by Gasteiger charge is -2.09. The Balaban J connectivity index is 1.71. The van der Waals surface area contributed by atoms with Crippen LogP contribution in [0, 0.1) is 5.82 Å². The van der Waals surface area contributed by atoms with Gasteiger partial charge in [-0.15, -0.1) is 0 Å². The number of nitrogens with one attached hydrogen (secondary N) is 1. The van der Waals surface area contributed by atoms with Gasteiger partial charge in [0.2, 0.25) is 0 Å². The van der Waals surface area contributed by atoms with Crippen molar-refractivity contribution in [3.05, 3.63) is 59.9 Å². The Morgan fingerprint density at radius 2 is 1.67 bits per heavy atom. The lowest BCUT2D eigenvalue weighted by atomic mass is 10.2. The zero-order valence-electron chi connectivity index (χ0n) is 12.1. The van der Waals surface area contributed by atoms with E-state index in [0.29, 0.717) is 19.0 Å². The summed E-state index contributed by atoms with van der Waals surface area (Å²) in [6.07, 6.45) is 0. The van der Waals surface area contributed by atoms with Crippen LogP contribution in [0.3, 0.4) is 0 Å². The molecular formula is C17H20FNO2. The van der Waals surface area contributed by atoms with Crippen molar-refractivity contribution in [2.24, 2.45) is 0 Å². The predicted octanol–water partition coefficient (Wildman–Crippen LogP) is 3.39. The molecule has 0 bridgehead atoms. The molecule has 4 heteroatoms. The minimum absolute atomic E-state index is 0.301. The van der Waals surface area contributed by atoms with Gasteiger partial charge in [-0.3, -0.25) is 0 Å². The molecule has 0 heterocycles. The van der Waals surface area contributed by atoms with Crippen molar-refractivity contribution in [1.82, 2.24) is 5.32 Å². The van der Waals surface area contributed by atoms with Gasteiger partial charge in [-0.05, 0) is 36.4 Å². The first-order chi connectivity index (χ1) is 10.3. The van der Waals surface area contributed by atoms with E-state index in [2.05, 4.69) is 12.2 Å². The average molecular weight is 289 g/mol. The summed E-state index contributed by atoms with van der Waals surface area (Å²) < 4.78 is 23.9. The minimum Gasteiger partial charge on any atom is -0.490 e. The van der Waals surface area contributed by atoms with Crippen molar-refractivity contribution in [3.8, 4) is 11.5 Å². The van der Waals surface area contributed by atoms with Crippen LogP contribution in [0.1, 0.15) is 12.5 Å². The van der Waals surface area contributed by atoms with Crippen molar-refractivity contribution in [1.29, 1.82) is 0 Å². The second kappa shape index (κ2) is 8.27. The lowest BCUT2D eigenvalue weighted by Crippen LogP contribution is -2.11. The van der Waals surface area contributed by atoms with E-state index in [0.717, 1.165) is 18.8 Å². The molecule has 0 saturated heterocycles. The van der Waals surface area contributed by atoms with Crippen molar-refractivity contribution in [2.45, 2.75) is 13.5 Å². The molecule has 0 aromatic heterocycles. The first-order valence-electron chi connectivity index (χ1n) is 7.09. The van der Waals surface area contributed by atoms with Crippen LogP contribution in [-0.4, -0.2) is 19.8 Å². The summed E-state index contributed by atoms with van der Waals surface area (Å²) in [6, 6.07) is 14.0. The molecule has 0 aliphatic rings. The highest BCUT2D eigenvalue weighted by atomic mass is 19.1. The molecule has 112 valence electrons. The summed E-state index contributed by atoms with van der Waals surface area (Å²) in [5.74, 6) is 1.02. The Kier molecular flexibility index (Phi) is 6.03. The van der Waals surface area contributed by atoms with E-state index in [1.807, 2.05) is 24.3 Å². The Hall–Kier alpha value is -2.07. The third kappa shape index (κ3) is 5.44. The number of benzene rings is 2. The Bertz CT molecular complexity index is 543. The van der Waals surface area contributed by atoms with Crippen LogP contribution < -0.4 is 14.8 Å². The smallest absolute Gasteiger partial charge is 0.126 e. The minimum atomic E-state index is -0.301. The third-order valence-electron chi connectivity index (χ3n) is 2.92. The molecule has 0 unspecified atom stereocenters. The maximum absolute atomic E-state index is 13.0. The number of halogens is 1. The number of hydrogen-bond donors (Lipinski definition) is 1. The van der Waals surface area contributed by atoms with Crippen LogP contribution in [-0.2, 0) is 6.54 Å². The van der Waals surface area contributed by atoms with Crippen LogP contribution >= 0.6 is 0 Å². The van der Waals surface area contributed by atoms with Gasteiger partial charge >= 0.3 is 0 Å². The van der Waals surface area contributed by atoms with Crippen molar-refractivity contribution >= 4 is 0 Å². The maximum atomic E-state index is 13.0. The third-order valence-corrected chi connectivity index (χ3v) is 2.92. The number of rotatable bonds is 8. The standard InChI is InChI=1S/C17H20FNO2/c1-2-19-13-14-6-8-16(9-7-14)20-10-11-21-17-5-3-4-15(18)12-17/h3-9,12,19H,2,10-11,13H2,1H3. The number of hydrogen-bond acceptors (Lipinski definition) is 3. The first-order valence-corrected chi connectivity index (χ1v) is 7.09. The molecule has 0 aliphatic carbocycles. The molecule has 0 amide bonds. The zero-order valence-corrected chi connectivity index (χ0v) is 12.1. The van der Waals surface area contributed by atoms with Gasteiger partial charge < -0.3 is 14.8 Å². The van der Waals surface area contributed by atoms with Crippen LogP contribution in [0.15, 0.2) is 48.5 Å². The summed E-state index contributed by atoms with van der Waals surface area (Å²) >= 11 is 0. The van der Waals surface area contributed by atoms with Gasteiger partial charge in [0, 0.05) is 12.6 Å². The largest absolute Gasteiger partial charge is 0.490 e. The molecule has 2 aromatic rings. The van der Waals surface area contributed by atoms with Gasteiger partial charge in [0.25, 0.3) is 0 Å². The topological polar surface area (TPSA) is 30.5 Å². The molecule has 21 heavy (non-hydrogen) atoms. The zero-order chi connectivity index (χ0) is 14.9. The summed E-state index contributed by atoms with van der Waals surface area (Å²) in [7, 11) is 0. The van der Waals surface area contributed by atoms with Crippen LogP contribution in [0.25, 0.3) is 0 Å². The molecule has 2 rings (SSSR count). The summed E-state index contributed by atoms with van der Waals surface area (Å²) in [4.78, 5) is 0. The summed E-state index contributed by atoms with van der Waals surface area (Å²) in [6.45, 7) is 4.69. The quantitative estimate of drug-likeness (QED) is 0.756. The Labute approximate surface area is 124 Å². The molecule has 0 atom stereocenters. The lowest BCUT2D eigenvalue weighted by molar-refractivity contribution is 0.216. The highest BCUT2D eigenvalue weighted by Gasteiger charge is 1.98. The van der Waals surface area contributed by atoms with E-state index < -0.39 is 0 Å². The second-order valence-electron chi connectivity index (χ2n) is 4.58. The fourth-order valence-electron chi connectivity index (χ4n) is 1.85. The molecule has 0 saturated carbocycles. The van der Waals surface area contributed by atoms with Gasteiger partial charge in [-0.1, -0.05) is 25.1 Å². The highest BCUT2D eigenvalue weighted by molar-refractivity contribution is 5.27. The predicted molar refractivity (Wildman–Crippen MR) is 81.2 cm³/mol. The van der Waals surface area contributed by atoms with E-state index in [1.165, 1.54) is 17.7 Å². The molecule has 0 radical (unpaired) electrons. The molecule has 1 N–H and O–H groups in total. The average Bonchev–Trinajstić information content (AvgIpc) is 2.51. The SMILES string of the molecule is CCNCc1ccc(OCCOc2cccc(F)c2)cc1. The van der Waals surface area contributed by atoms with E-state index >= 15 is 0 Å². The van der Waals surface area contributed by atoms with Gasteiger partial charge in [-0.25, -0.2) is 4.39 Å². The normalized spacial score (nSPS) is 10.4. The molecule has 2 aromatic carbocycles. The van der Waals surface area contributed by atoms with Gasteiger partial charge in [0.15, 0.2) is 0 Å². The van der Waals surface area contributed by atoms with Gasteiger partial charge in [0.05, 0.1) is 0 Å². The Morgan fingerprint density at radius 1 is 0.952 bits per heavy atom. The van der Waals surface area contributed by atoms with E-state index in [1.54, 1.807) is 12.1 Å². The second-order valence-corrected chi connectivity index (χ2v) is 4.58. The summed E-state index contributed by atoms with van der Waals surface area (Å²) in [5.41, 5.74) is 1.22. The fourth-order valence-corrected chi connectivity index (χ4v) is 1.85. The monoisotopic (exact) mass is 289 g/mol. The molecule has 3 nitrogen and oxygen atoms in total. The first kappa shape index (κ1) is 15.3. The molecular weight excluding hydrogens is 269 g/mol. The maximum Gasteiger partial charge on any atom is 0.126 e. The van der Waals surface area contributed by atoms with Crippen LogP contribution in [0.4, 0.5) is 4.39 Å². The summed E-state index contributed by atoms with van der Waals surface area (Å²) in [5, 5.41) is 3.27. The fraction of sp³-hybridized carbons (Fsp3) is 0.294. The van der Waals surface area contributed by atoms with E-state index in [4.69, 9.17) is 9.47 Å². The molecule has 0 aliphatic heterocycles. The van der Waals surface area contributed by atoms with Gasteiger partial charge in [0.1, 0.15) is 30.5 Å². The van der Waals surface area contributed by atoms with Crippen molar-refractivity contribution in [2.75, 3.05) is 19.8 Å². The van der Waals surface area contributed by atoms with E-state index in [9.17, 15) is 4.39 Å². The van der Waals surface area contributed by atoms with Crippen LogP contribution in [0.2, 0.25) is 0 Å². The van der Waals surface area contributed by atoms with Crippen molar-refractivity contribution < 1.29 is 13.9 Å². The highest BCUT2D eigenvalue weighted by Crippen LogP contribution is 2.13. The Morgan fingerprint density at radius 3 is 2.33 bits per heavy atom. The van der Waals surface area contributed by atoms with E-state index in [-0.39, 0.29) is 5.82 Å². The molecule has 0 spiro atoms. The molecule has 0 fully saturated rings. The number of ether oxygens (including phenoxy) is 2. The van der Waals surface area contributed by atoms with Gasteiger partial charge in [-0.2, -0.15) is 0 Å².